The predicted molar refractivity (Wildman–Crippen MR) is 83.8 cm³/mol. The number of amides is 1. The molecule has 6 nitrogen and oxygen atoms in total. The predicted octanol–water partition coefficient (Wildman–Crippen LogP) is 2.52. The largest absolute Gasteiger partial charge is 0.326 e. The van der Waals surface area contributed by atoms with E-state index in [4.69, 9.17) is 0 Å². The first-order valence-electron chi connectivity index (χ1n) is 7.20. The van der Waals surface area contributed by atoms with E-state index in [2.05, 4.69) is 5.32 Å². The van der Waals surface area contributed by atoms with E-state index in [-0.39, 0.29) is 18.1 Å². The van der Waals surface area contributed by atoms with E-state index in [9.17, 15) is 19.7 Å². The van der Waals surface area contributed by atoms with Crippen molar-refractivity contribution in [3.8, 4) is 0 Å². The van der Waals surface area contributed by atoms with Gasteiger partial charge in [-0.05, 0) is 12.1 Å². The van der Waals surface area contributed by atoms with Crippen molar-refractivity contribution in [2.24, 2.45) is 5.92 Å². The Labute approximate surface area is 132 Å². The highest BCUT2D eigenvalue weighted by molar-refractivity contribution is 6.09. The summed E-state index contributed by atoms with van der Waals surface area (Å²) in [5, 5.41) is 13.2. The van der Waals surface area contributed by atoms with Gasteiger partial charge in [0.15, 0.2) is 5.78 Å². The molecule has 0 bridgehead atoms. The zero-order valence-corrected chi connectivity index (χ0v) is 12.1. The number of rotatable bonds is 5. The van der Waals surface area contributed by atoms with Gasteiger partial charge in [-0.1, -0.05) is 42.5 Å². The molecular formula is C17H14N2O4. The Bertz CT molecular complexity index is 773. The third-order valence-electron chi connectivity index (χ3n) is 3.79. The molecule has 0 spiro atoms. The standard InChI is InChI=1S/C17H14N2O4/c20-16(11-5-2-1-3-6-11)12-7-4-8-13(9-12)18-17(21)14-10-15(14)19(22)23/h1-9,14-15H,10H2,(H,18,21)/t14-,15-/m1/s1. The van der Waals surface area contributed by atoms with Gasteiger partial charge < -0.3 is 5.32 Å². The number of nitro groups is 1. The Morgan fingerprint density at radius 1 is 1.04 bits per heavy atom. The van der Waals surface area contributed by atoms with Crippen molar-refractivity contribution in [2.75, 3.05) is 5.32 Å². The Balaban J connectivity index is 1.72. The molecule has 1 fully saturated rings. The average molecular weight is 310 g/mol. The summed E-state index contributed by atoms with van der Waals surface area (Å²) in [5.41, 5.74) is 1.48. The summed E-state index contributed by atoms with van der Waals surface area (Å²) < 4.78 is 0. The van der Waals surface area contributed by atoms with E-state index in [0.717, 1.165) is 0 Å². The number of hydrogen-bond donors (Lipinski definition) is 1. The Morgan fingerprint density at radius 3 is 2.39 bits per heavy atom. The van der Waals surface area contributed by atoms with Crippen LogP contribution in [0.15, 0.2) is 54.6 Å². The number of benzene rings is 2. The number of nitrogens with one attached hydrogen (secondary N) is 1. The first-order valence-corrected chi connectivity index (χ1v) is 7.20. The maximum absolute atomic E-state index is 12.4. The third-order valence-corrected chi connectivity index (χ3v) is 3.79. The molecule has 0 saturated heterocycles. The summed E-state index contributed by atoms with van der Waals surface area (Å²) >= 11 is 0. The van der Waals surface area contributed by atoms with E-state index in [1.165, 1.54) is 0 Å². The molecule has 0 aliphatic heterocycles. The lowest BCUT2D eigenvalue weighted by atomic mass is 10.0. The number of anilines is 1. The maximum atomic E-state index is 12.4. The van der Waals surface area contributed by atoms with Crippen molar-refractivity contribution in [1.82, 2.24) is 0 Å². The molecule has 116 valence electrons. The molecule has 2 aromatic carbocycles. The topological polar surface area (TPSA) is 89.3 Å². The van der Waals surface area contributed by atoms with Gasteiger partial charge in [0, 0.05) is 28.2 Å². The van der Waals surface area contributed by atoms with Crippen LogP contribution in [-0.4, -0.2) is 22.7 Å². The molecule has 2 atom stereocenters. The minimum absolute atomic E-state index is 0.142. The highest BCUT2D eigenvalue weighted by Gasteiger charge is 2.53. The number of carbonyl (C=O) groups excluding carboxylic acids is 2. The number of nitrogens with zero attached hydrogens (tertiary/aromatic N) is 1. The van der Waals surface area contributed by atoms with Crippen molar-refractivity contribution >= 4 is 17.4 Å². The lowest BCUT2D eigenvalue weighted by Gasteiger charge is -2.06. The number of carbonyl (C=O) groups is 2. The van der Waals surface area contributed by atoms with E-state index in [1.807, 2.05) is 6.07 Å². The zero-order valence-electron chi connectivity index (χ0n) is 12.1. The second-order valence-corrected chi connectivity index (χ2v) is 5.46. The summed E-state index contributed by atoms with van der Waals surface area (Å²) in [6, 6.07) is 14.6. The fraction of sp³-hybridized carbons (Fsp3) is 0.176. The van der Waals surface area contributed by atoms with Crippen LogP contribution in [0.2, 0.25) is 0 Å². The lowest BCUT2D eigenvalue weighted by molar-refractivity contribution is -0.497. The first kappa shape index (κ1) is 14.9. The van der Waals surface area contributed by atoms with Gasteiger partial charge in [-0.3, -0.25) is 19.7 Å². The molecule has 2 aromatic rings. The van der Waals surface area contributed by atoms with Gasteiger partial charge in [0.05, 0.1) is 0 Å². The van der Waals surface area contributed by atoms with Crippen LogP contribution in [0.1, 0.15) is 22.3 Å². The highest BCUT2D eigenvalue weighted by Crippen LogP contribution is 2.34. The normalized spacial score (nSPS) is 19.0. The monoisotopic (exact) mass is 310 g/mol. The molecule has 1 aliphatic carbocycles. The molecule has 1 aliphatic rings. The Kier molecular flexibility index (Phi) is 3.89. The van der Waals surface area contributed by atoms with Crippen LogP contribution in [0.25, 0.3) is 0 Å². The number of hydrogen-bond acceptors (Lipinski definition) is 4. The zero-order chi connectivity index (χ0) is 16.4. The molecule has 1 saturated carbocycles. The summed E-state index contributed by atoms with van der Waals surface area (Å²) in [5.74, 6) is -1.11. The van der Waals surface area contributed by atoms with Crippen LogP contribution in [0, 0.1) is 16.0 Å². The average Bonchev–Trinajstić information content (AvgIpc) is 3.36. The van der Waals surface area contributed by atoms with Crippen LogP contribution in [0.3, 0.4) is 0 Å². The SMILES string of the molecule is O=C(c1ccccc1)c1cccc(NC(=O)[C@@H]2C[C@H]2[N+](=O)[O-])c1. The second-order valence-electron chi connectivity index (χ2n) is 5.46. The molecule has 6 heteroatoms. The molecule has 0 aromatic heterocycles. The molecule has 3 rings (SSSR count). The van der Waals surface area contributed by atoms with Gasteiger partial charge in [0.2, 0.25) is 11.9 Å². The van der Waals surface area contributed by atoms with Gasteiger partial charge in [0.25, 0.3) is 0 Å². The van der Waals surface area contributed by atoms with Crippen LogP contribution in [-0.2, 0) is 4.79 Å². The van der Waals surface area contributed by atoms with E-state index in [1.54, 1.807) is 48.5 Å². The van der Waals surface area contributed by atoms with Crippen molar-refractivity contribution in [2.45, 2.75) is 12.5 Å². The lowest BCUT2D eigenvalue weighted by Crippen LogP contribution is -2.18. The van der Waals surface area contributed by atoms with Gasteiger partial charge in [-0.15, -0.1) is 0 Å². The third kappa shape index (κ3) is 3.26. The summed E-state index contributed by atoms with van der Waals surface area (Å²) in [4.78, 5) is 34.5. The van der Waals surface area contributed by atoms with Crippen molar-refractivity contribution in [3.63, 3.8) is 0 Å². The van der Waals surface area contributed by atoms with Crippen LogP contribution in [0.4, 0.5) is 5.69 Å². The van der Waals surface area contributed by atoms with Gasteiger partial charge in [-0.25, -0.2) is 0 Å². The molecule has 1 N–H and O–H groups in total. The smallest absolute Gasteiger partial charge is 0.234 e. The summed E-state index contributed by atoms with van der Waals surface area (Å²) in [6.07, 6.45) is 0.265. The number of ketones is 1. The van der Waals surface area contributed by atoms with Crippen molar-refractivity contribution in [1.29, 1.82) is 0 Å². The van der Waals surface area contributed by atoms with E-state index >= 15 is 0 Å². The first-order chi connectivity index (χ1) is 11.1. The second kappa shape index (κ2) is 6.00. The maximum Gasteiger partial charge on any atom is 0.234 e. The van der Waals surface area contributed by atoms with Gasteiger partial charge in [0.1, 0.15) is 5.92 Å². The molecular weight excluding hydrogens is 296 g/mol. The molecule has 0 radical (unpaired) electrons. The van der Waals surface area contributed by atoms with E-state index in [0.29, 0.717) is 16.8 Å². The fourth-order valence-electron chi connectivity index (χ4n) is 2.43. The summed E-state index contributed by atoms with van der Waals surface area (Å²) in [6.45, 7) is 0. The fourth-order valence-corrected chi connectivity index (χ4v) is 2.43. The molecule has 23 heavy (non-hydrogen) atoms. The van der Waals surface area contributed by atoms with Gasteiger partial charge in [-0.2, -0.15) is 0 Å². The molecule has 0 heterocycles. The van der Waals surface area contributed by atoms with E-state index < -0.39 is 16.9 Å². The summed E-state index contributed by atoms with van der Waals surface area (Å²) in [7, 11) is 0. The minimum atomic E-state index is -0.788. The Morgan fingerprint density at radius 2 is 1.74 bits per heavy atom. The molecule has 1 amide bonds. The minimum Gasteiger partial charge on any atom is -0.326 e. The molecule has 0 unspecified atom stereocenters. The quantitative estimate of drug-likeness (QED) is 0.522. The highest BCUT2D eigenvalue weighted by atomic mass is 16.6. The van der Waals surface area contributed by atoms with Gasteiger partial charge >= 0.3 is 0 Å². The van der Waals surface area contributed by atoms with Crippen LogP contribution < -0.4 is 5.32 Å². The van der Waals surface area contributed by atoms with Crippen molar-refractivity contribution < 1.29 is 14.5 Å². The Hall–Kier alpha value is -3.02. The van der Waals surface area contributed by atoms with Crippen LogP contribution in [0.5, 0.6) is 0 Å². The van der Waals surface area contributed by atoms with Crippen LogP contribution >= 0.6 is 0 Å². The van der Waals surface area contributed by atoms with Crippen molar-refractivity contribution in [3.05, 3.63) is 75.8 Å².